The number of aromatic amines is 1. The number of nitrogens with one attached hydrogen (secondary N) is 2. The smallest absolute Gasteiger partial charge is 0.244 e. The average Bonchev–Trinajstić information content (AvgIpc) is 2.92. The summed E-state index contributed by atoms with van der Waals surface area (Å²) < 4.78 is 24.8. The summed E-state index contributed by atoms with van der Waals surface area (Å²) >= 11 is 0. The summed E-state index contributed by atoms with van der Waals surface area (Å²) in [4.78, 5) is 3.31. The van der Waals surface area contributed by atoms with Crippen molar-refractivity contribution in [2.75, 3.05) is 14.1 Å². The van der Waals surface area contributed by atoms with Gasteiger partial charge in [0.25, 0.3) is 0 Å². The summed E-state index contributed by atoms with van der Waals surface area (Å²) in [6.45, 7) is 0.702. The zero-order valence-electron chi connectivity index (χ0n) is 9.53. The minimum absolute atomic E-state index is 0.324. The summed E-state index contributed by atoms with van der Waals surface area (Å²) in [6.07, 6.45) is 3.99. The van der Waals surface area contributed by atoms with Gasteiger partial charge in [-0.25, -0.2) is 12.7 Å². The van der Waals surface area contributed by atoms with Gasteiger partial charge in [0.1, 0.15) is 0 Å². The van der Waals surface area contributed by atoms with Crippen LogP contribution in [0, 0.1) is 0 Å². The first-order valence-electron chi connectivity index (χ1n) is 5.33. The molecule has 1 aromatic heterocycles. The van der Waals surface area contributed by atoms with Gasteiger partial charge in [0, 0.05) is 38.6 Å². The first-order chi connectivity index (χ1) is 7.50. The molecule has 1 saturated carbocycles. The van der Waals surface area contributed by atoms with Gasteiger partial charge >= 0.3 is 0 Å². The Morgan fingerprint density at radius 3 is 2.75 bits per heavy atom. The van der Waals surface area contributed by atoms with Crippen LogP contribution in [0.25, 0.3) is 0 Å². The lowest BCUT2D eigenvalue weighted by Crippen LogP contribution is -2.21. The van der Waals surface area contributed by atoms with Crippen molar-refractivity contribution in [1.82, 2.24) is 14.6 Å². The van der Waals surface area contributed by atoms with Crippen LogP contribution in [0.5, 0.6) is 0 Å². The second kappa shape index (κ2) is 4.20. The molecule has 0 unspecified atom stereocenters. The van der Waals surface area contributed by atoms with Crippen LogP contribution >= 0.6 is 0 Å². The third kappa shape index (κ3) is 2.45. The topological polar surface area (TPSA) is 65.2 Å². The first-order valence-corrected chi connectivity index (χ1v) is 6.77. The molecule has 1 aliphatic rings. The van der Waals surface area contributed by atoms with Gasteiger partial charge in [-0.1, -0.05) is 0 Å². The van der Waals surface area contributed by atoms with E-state index in [-0.39, 0.29) is 0 Å². The Morgan fingerprint density at radius 1 is 1.50 bits per heavy atom. The molecule has 0 spiro atoms. The van der Waals surface area contributed by atoms with Crippen molar-refractivity contribution in [1.29, 1.82) is 0 Å². The van der Waals surface area contributed by atoms with Crippen LogP contribution in [-0.2, 0) is 16.6 Å². The summed E-state index contributed by atoms with van der Waals surface area (Å²) in [5.41, 5.74) is 0.910. The van der Waals surface area contributed by atoms with Crippen LogP contribution in [0.4, 0.5) is 0 Å². The summed E-state index contributed by atoms with van der Waals surface area (Å²) in [6, 6.07) is 2.31. The molecule has 0 aliphatic heterocycles. The lowest BCUT2D eigenvalue weighted by Gasteiger charge is -2.08. The van der Waals surface area contributed by atoms with Crippen molar-refractivity contribution >= 4 is 10.0 Å². The van der Waals surface area contributed by atoms with E-state index in [9.17, 15) is 8.42 Å². The van der Waals surface area contributed by atoms with Gasteiger partial charge in [-0.05, 0) is 18.9 Å². The third-order valence-corrected chi connectivity index (χ3v) is 4.45. The maximum absolute atomic E-state index is 11.8. The Bertz CT molecular complexity index is 460. The number of hydrogen-bond acceptors (Lipinski definition) is 3. The predicted molar refractivity (Wildman–Crippen MR) is 61.5 cm³/mol. The zero-order chi connectivity index (χ0) is 11.8. The van der Waals surface area contributed by atoms with Crippen molar-refractivity contribution in [2.24, 2.45) is 0 Å². The Morgan fingerprint density at radius 2 is 2.19 bits per heavy atom. The van der Waals surface area contributed by atoms with E-state index < -0.39 is 10.0 Å². The molecule has 5 nitrogen and oxygen atoms in total. The minimum atomic E-state index is -3.30. The van der Waals surface area contributed by atoms with Crippen molar-refractivity contribution in [3.8, 4) is 0 Å². The Labute approximate surface area is 95.9 Å². The normalized spacial score (nSPS) is 16.9. The highest BCUT2D eigenvalue weighted by atomic mass is 32.2. The molecule has 1 fully saturated rings. The van der Waals surface area contributed by atoms with Crippen molar-refractivity contribution in [3.63, 3.8) is 0 Å². The molecule has 90 valence electrons. The molecule has 0 radical (unpaired) electrons. The zero-order valence-corrected chi connectivity index (χ0v) is 10.3. The monoisotopic (exact) mass is 243 g/mol. The molecule has 0 amide bonds. The quantitative estimate of drug-likeness (QED) is 0.792. The third-order valence-electron chi connectivity index (χ3n) is 2.65. The molecule has 0 atom stereocenters. The van der Waals surface area contributed by atoms with Crippen LogP contribution in [0.15, 0.2) is 17.2 Å². The fraction of sp³-hybridized carbons (Fsp3) is 0.600. The molecule has 1 heterocycles. The van der Waals surface area contributed by atoms with Crippen molar-refractivity contribution < 1.29 is 8.42 Å². The highest BCUT2D eigenvalue weighted by molar-refractivity contribution is 7.89. The van der Waals surface area contributed by atoms with E-state index in [2.05, 4.69) is 10.3 Å². The number of hydrogen-bond donors (Lipinski definition) is 2. The number of nitrogens with zero attached hydrogens (tertiary/aromatic N) is 1. The molecule has 2 N–H and O–H groups in total. The van der Waals surface area contributed by atoms with E-state index in [0.29, 0.717) is 17.5 Å². The van der Waals surface area contributed by atoms with E-state index in [1.165, 1.54) is 31.2 Å². The SMILES string of the molecule is CN(C)S(=O)(=O)c1c[nH]c(CNC2CC2)c1. The number of sulfonamides is 1. The first kappa shape index (κ1) is 11.6. The fourth-order valence-corrected chi connectivity index (χ4v) is 2.34. The van der Waals surface area contributed by atoms with E-state index in [0.717, 1.165) is 5.69 Å². The van der Waals surface area contributed by atoms with E-state index in [1.807, 2.05) is 0 Å². The molecule has 16 heavy (non-hydrogen) atoms. The summed E-state index contributed by atoms with van der Waals surface area (Å²) in [5, 5.41) is 3.33. The van der Waals surface area contributed by atoms with Gasteiger partial charge in [0.05, 0.1) is 4.90 Å². The van der Waals surface area contributed by atoms with Gasteiger partial charge < -0.3 is 10.3 Å². The van der Waals surface area contributed by atoms with Crippen LogP contribution in [-0.4, -0.2) is 37.8 Å². The van der Waals surface area contributed by atoms with Gasteiger partial charge in [0.15, 0.2) is 0 Å². The summed E-state index contributed by atoms with van der Waals surface area (Å²) in [7, 11) is -0.240. The predicted octanol–water partition coefficient (Wildman–Crippen LogP) is 0.517. The number of aromatic nitrogens is 1. The van der Waals surface area contributed by atoms with Gasteiger partial charge in [-0.15, -0.1) is 0 Å². The molecule has 0 bridgehead atoms. The molecular formula is C10H17N3O2S. The number of rotatable bonds is 5. The van der Waals surface area contributed by atoms with Crippen molar-refractivity contribution in [2.45, 2.75) is 30.3 Å². The number of H-pyrrole nitrogens is 1. The van der Waals surface area contributed by atoms with Crippen molar-refractivity contribution in [3.05, 3.63) is 18.0 Å². The molecule has 1 aliphatic carbocycles. The van der Waals surface area contributed by atoms with E-state index in [4.69, 9.17) is 0 Å². The van der Waals surface area contributed by atoms with E-state index in [1.54, 1.807) is 12.3 Å². The molecule has 0 saturated heterocycles. The Hall–Kier alpha value is -0.850. The molecule has 2 rings (SSSR count). The average molecular weight is 243 g/mol. The maximum atomic E-state index is 11.8. The highest BCUT2D eigenvalue weighted by Crippen LogP contribution is 2.20. The lowest BCUT2D eigenvalue weighted by molar-refractivity contribution is 0.521. The maximum Gasteiger partial charge on any atom is 0.244 e. The standard InChI is InChI=1S/C10H17N3O2S/c1-13(2)16(14,15)10-5-9(12-7-10)6-11-8-3-4-8/h5,7-8,11-12H,3-4,6H2,1-2H3. The van der Waals surface area contributed by atoms with Gasteiger partial charge in [0.2, 0.25) is 10.0 Å². The Balaban J connectivity index is 2.06. The molecular weight excluding hydrogens is 226 g/mol. The molecule has 0 aromatic carbocycles. The van der Waals surface area contributed by atoms with Gasteiger partial charge in [-0.3, -0.25) is 0 Å². The summed E-state index contributed by atoms with van der Waals surface area (Å²) in [5.74, 6) is 0. The molecule has 1 aromatic rings. The van der Waals surface area contributed by atoms with Crippen LogP contribution in [0.3, 0.4) is 0 Å². The highest BCUT2D eigenvalue weighted by Gasteiger charge is 2.21. The second-order valence-corrected chi connectivity index (χ2v) is 6.46. The van der Waals surface area contributed by atoms with Crippen LogP contribution in [0.2, 0.25) is 0 Å². The Kier molecular flexibility index (Phi) is 3.05. The minimum Gasteiger partial charge on any atom is -0.363 e. The van der Waals surface area contributed by atoms with Crippen LogP contribution < -0.4 is 5.32 Å². The second-order valence-electron chi connectivity index (χ2n) is 4.30. The van der Waals surface area contributed by atoms with Crippen LogP contribution in [0.1, 0.15) is 18.5 Å². The lowest BCUT2D eigenvalue weighted by atomic mass is 10.4. The van der Waals surface area contributed by atoms with E-state index >= 15 is 0 Å². The molecule has 6 heteroatoms. The fourth-order valence-electron chi connectivity index (χ4n) is 1.42. The van der Waals surface area contributed by atoms with Gasteiger partial charge in [-0.2, -0.15) is 0 Å². The largest absolute Gasteiger partial charge is 0.363 e.